The van der Waals surface area contributed by atoms with Crippen LogP contribution in [-0.2, 0) is 20.4 Å². The summed E-state index contributed by atoms with van der Waals surface area (Å²) in [5, 5.41) is 0. The van der Waals surface area contributed by atoms with Gasteiger partial charge in [0.1, 0.15) is 0 Å². The van der Waals surface area contributed by atoms with Gasteiger partial charge in [-0.05, 0) is 50.6 Å². The van der Waals surface area contributed by atoms with E-state index in [9.17, 15) is 0 Å². The molecule has 0 unspecified atom stereocenters. The summed E-state index contributed by atoms with van der Waals surface area (Å²) in [7, 11) is 0.141. The minimum atomic E-state index is -0.124. The van der Waals surface area contributed by atoms with Crippen LogP contribution in [0, 0.1) is 6.58 Å². The number of hydrogen-bond donors (Lipinski definition) is 1. The van der Waals surface area contributed by atoms with Crippen molar-refractivity contribution in [3.63, 3.8) is 0 Å². The van der Waals surface area contributed by atoms with Crippen LogP contribution in [0.1, 0.15) is 61.0 Å². The van der Waals surface area contributed by atoms with Crippen LogP contribution in [0.4, 0.5) is 0 Å². The molecule has 0 fully saturated rings. The van der Waals surface area contributed by atoms with Crippen molar-refractivity contribution in [1.82, 2.24) is 0 Å². The smallest absolute Gasteiger partial charge is 0.0621 e. The van der Waals surface area contributed by atoms with E-state index in [4.69, 9.17) is 6.58 Å². The van der Waals surface area contributed by atoms with Gasteiger partial charge in [0.25, 0.3) is 0 Å². The van der Waals surface area contributed by atoms with Crippen molar-refractivity contribution in [3.8, 4) is 0 Å². The molecule has 0 spiro atoms. The Morgan fingerprint density at radius 2 is 1.42 bits per heavy atom. The Morgan fingerprint density at radius 1 is 0.962 bits per heavy atom. The number of hydrogen-bond acceptors (Lipinski definition) is 1. The monoisotopic (exact) mass is 504 g/mol. The summed E-state index contributed by atoms with van der Waals surface area (Å²) in [5.41, 5.74) is 4.69. The second kappa shape index (κ2) is 15.7. The van der Waals surface area contributed by atoms with Crippen molar-refractivity contribution in [2.45, 2.75) is 82.9 Å². The Hall–Kier alpha value is 0.832. The van der Waals surface area contributed by atoms with Crippen LogP contribution in [0.3, 0.4) is 0 Å². The normalized spacial score (nSPS) is 11.2. The van der Waals surface area contributed by atoms with Crippen molar-refractivity contribution in [3.05, 3.63) is 36.4 Å². The van der Waals surface area contributed by atoms with Crippen molar-refractivity contribution in [2.24, 2.45) is 0 Å². The van der Waals surface area contributed by atoms with E-state index >= 15 is 0 Å². The third-order valence-corrected chi connectivity index (χ3v) is 12.6. The predicted molar refractivity (Wildman–Crippen MR) is 128 cm³/mol. The molecule has 26 heavy (non-hydrogen) atoms. The quantitative estimate of drug-likeness (QED) is 0.209. The Labute approximate surface area is 186 Å². The second-order valence-corrected chi connectivity index (χ2v) is 15.8. The van der Waals surface area contributed by atoms with Crippen LogP contribution in [0.25, 0.3) is 6.08 Å². The Bertz CT molecular complexity index is 451. The zero-order valence-corrected chi connectivity index (χ0v) is 22.2. The molecule has 153 valence electrons. The van der Waals surface area contributed by atoms with E-state index in [0.29, 0.717) is 0 Å². The minimum absolute atomic E-state index is 0. The number of benzene rings is 1. The van der Waals surface area contributed by atoms with E-state index in [1.54, 1.807) is 12.2 Å². The second-order valence-electron chi connectivity index (χ2n) is 7.79. The maximum atomic E-state index is 5.28. The third-order valence-electron chi connectivity index (χ3n) is 4.58. The van der Waals surface area contributed by atoms with E-state index in [1.165, 1.54) is 6.16 Å². The minimum Gasteiger partial charge on any atom is -0.143 e. The molecule has 1 aromatic carbocycles. The first-order valence-electron chi connectivity index (χ1n) is 9.56. The Balaban J connectivity index is 0. The molecule has 0 heterocycles. The zero-order chi connectivity index (χ0) is 19.6. The van der Waals surface area contributed by atoms with Crippen molar-refractivity contribution >= 4 is 34.5 Å². The summed E-state index contributed by atoms with van der Waals surface area (Å²) in [4.78, 5) is 0.917. The molecular weight excluding hydrogens is 465 g/mol. The zero-order valence-electron chi connectivity index (χ0n) is 17.9. The molecule has 0 nitrogen and oxygen atoms in total. The summed E-state index contributed by atoms with van der Waals surface area (Å²) in [6, 6.07) is 7.68. The summed E-state index contributed by atoms with van der Waals surface area (Å²) in [6.07, 6.45) is 4.61. The van der Waals surface area contributed by atoms with Gasteiger partial charge in [-0.3, -0.25) is 0 Å². The van der Waals surface area contributed by atoms with Gasteiger partial charge >= 0.3 is 0 Å². The van der Waals surface area contributed by atoms with Gasteiger partial charge in [-0.25, -0.2) is 0 Å². The van der Waals surface area contributed by atoms with Crippen molar-refractivity contribution < 1.29 is 20.4 Å². The van der Waals surface area contributed by atoms with E-state index in [-0.39, 0.29) is 36.3 Å². The molecule has 0 atom stereocenters. The Morgan fingerprint density at radius 3 is 1.73 bits per heavy atom. The van der Waals surface area contributed by atoms with Gasteiger partial charge in [-0.2, -0.15) is 0 Å². The van der Waals surface area contributed by atoms with Crippen LogP contribution in [-0.4, -0.2) is 35.0 Å². The summed E-state index contributed by atoms with van der Waals surface area (Å²) >= 11 is 4.17. The van der Waals surface area contributed by atoms with E-state index in [0.717, 1.165) is 33.1 Å². The van der Waals surface area contributed by atoms with Gasteiger partial charge in [-0.1, -0.05) is 66.5 Å². The first-order chi connectivity index (χ1) is 11.6. The average molecular weight is 505 g/mol. The van der Waals surface area contributed by atoms with Gasteiger partial charge in [0, 0.05) is 39.4 Å². The first-order valence-corrected chi connectivity index (χ1v) is 13.5. The summed E-state index contributed by atoms with van der Waals surface area (Å²) < 4.78 is 0. The SMILES string of the molecule is CC(C)P(CC[PH+](C(C)C)C(C)C)C(C)C.[CH]=Cc1ccccc1S.[Pd]. The molecule has 0 aromatic heterocycles. The fourth-order valence-corrected chi connectivity index (χ4v) is 10.3. The summed E-state index contributed by atoms with van der Waals surface area (Å²) in [5.74, 6) is 0. The molecule has 0 amide bonds. The maximum Gasteiger partial charge on any atom is 0.0621 e. The number of rotatable bonds is 8. The molecule has 4 heteroatoms. The van der Waals surface area contributed by atoms with Gasteiger partial charge in [0.2, 0.25) is 0 Å². The fraction of sp³-hybridized carbons (Fsp3) is 0.636. The van der Waals surface area contributed by atoms with Crippen LogP contribution in [0.2, 0.25) is 0 Å². The van der Waals surface area contributed by atoms with E-state index in [2.05, 4.69) is 68.0 Å². The molecule has 0 aliphatic rings. The molecule has 0 N–H and O–H groups in total. The fourth-order valence-electron chi connectivity index (χ4n) is 3.24. The molecule has 0 aliphatic carbocycles. The van der Waals surface area contributed by atoms with Crippen molar-refractivity contribution in [1.29, 1.82) is 0 Å². The molecule has 1 radical (unpaired) electrons. The van der Waals surface area contributed by atoms with Crippen molar-refractivity contribution in [2.75, 3.05) is 12.3 Å². The van der Waals surface area contributed by atoms with Crippen LogP contribution in [0.5, 0.6) is 0 Å². The van der Waals surface area contributed by atoms with Crippen LogP contribution >= 0.6 is 28.5 Å². The van der Waals surface area contributed by atoms with Gasteiger partial charge in [0.05, 0.1) is 17.5 Å². The maximum absolute atomic E-state index is 5.28. The van der Waals surface area contributed by atoms with E-state index < -0.39 is 0 Å². The van der Waals surface area contributed by atoms with Crippen LogP contribution < -0.4 is 0 Å². The molecule has 0 aliphatic heterocycles. The largest absolute Gasteiger partial charge is 0.143 e. The van der Waals surface area contributed by atoms with E-state index in [1.807, 2.05) is 24.3 Å². The topological polar surface area (TPSA) is 0 Å². The van der Waals surface area contributed by atoms with Gasteiger partial charge in [-0.15, -0.1) is 12.6 Å². The third kappa shape index (κ3) is 11.6. The molecule has 0 saturated heterocycles. The summed E-state index contributed by atoms with van der Waals surface area (Å²) in [6.45, 7) is 24.7. The molecule has 1 aromatic rings. The Kier molecular flexibility index (Phi) is 17.6. The van der Waals surface area contributed by atoms with Crippen LogP contribution in [0.15, 0.2) is 29.2 Å². The van der Waals surface area contributed by atoms with Gasteiger partial charge in [0.15, 0.2) is 0 Å². The average Bonchev–Trinajstić information content (AvgIpc) is 2.51. The first kappa shape index (κ1) is 29.0. The standard InChI is InChI=1S/C14H32P2.C8H7S.Pd/c1-11(2)15(12(3)4)9-10-16(13(5)6)14(7)8;1-2-7-5-3-4-6-8(7)9;/h11-14H,9-10H2,1-8H3;1-6,9H;/p+1. The molecule has 0 saturated carbocycles. The van der Waals surface area contributed by atoms with Gasteiger partial charge < -0.3 is 0 Å². The number of thiol groups is 1. The predicted octanol–water partition coefficient (Wildman–Crippen LogP) is 7.74. The molecule has 1 rings (SSSR count). The molecular formula is C22H40P2PdS+. The molecule has 0 bridgehead atoms.